The Balaban J connectivity index is 1.22. The summed E-state index contributed by atoms with van der Waals surface area (Å²) in [6.45, 7) is 0.910. The summed E-state index contributed by atoms with van der Waals surface area (Å²) in [5.41, 5.74) is 6.72. The average molecular weight is 461 g/mol. The molecule has 0 radical (unpaired) electrons. The highest BCUT2D eigenvalue weighted by atomic mass is 19.4. The molecule has 1 unspecified atom stereocenters. The van der Waals surface area contributed by atoms with E-state index in [0.717, 1.165) is 49.9 Å². The Hall–Kier alpha value is -2.72. The number of hydrogen-bond donors (Lipinski definition) is 1. The van der Waals surface area contributed by atoms with Crippen molar-refractivity contribution in [2.24, 2.45) is 5.73 Å². The molecule has 10 heteroatoms. The minimum Gasteiger partial charge on any atom is -0.457 e. The van der Waals surface area contributed by atoms with Crippen LogP contribution in [0.1, 0.15) is 60.9 Å². The molecule has 2 saturated heterocycles. The maximum absolute atomic E-state index is 13.0. The van der Waals surface area contributed by atoms with Crippen LogP contribution in [0.5, 0.6) is 5.88 Å². The number of nitrogens with two attached hydrogens (primary N) is 1. The Morgan fingerprint density at radius 1 is 1.06 bits per heavy atom. The van der Waals surface area contributed by atoms with Crippen molar-refractivity contribution in [1.82, 2.24) is 19.8 Å². The molecular formula is C23H26F3N5O2. The zero-order chi connectivity index (χ0) is 23.2. The molecule has 1 aromatic heterocycles. The van der Waals surface area contributed by atoms with E-state index in [4.69, 9.17) is 10.5 Å². The monoisotopic (exact) mass is 461 g/mol. The van der Waals surface area contributed by atoms with Gasteiger partial charge in [0.2, 0.25) is 11.8 Å². The van der Waals surface area contributed by atoms with Crippen LogP contribution in [-0.2, 0) is 11.0 Å². The molecule has 3 aliphatic rings. The number of ether oxygens (including phenoxy) is 1. The van der Waals surface area contributed by atoms with Gasteiger partial charge in [-0.05, 0) is 49.8 Å². The molecule has 0 spiro atoms. The van der Waals surface area contributed by atoms with E-state index in [1.54, 1.807) is 17.3 Å². The van der Waals surface area contributed by atoms with Gasteiger partial charge < -0.3 is 15.4 Å². The van der Waals surface area contributed by atoms with E-state index in [2.05, 4.69) is 14.9 Å². The number of halogens is 3. The molecule has 3 atom stereocenters. The van der Waals surface area contributed by atoms with Gasteiger partial charge in [-0.2, -0.15) is 13.2 Å². The lowest BCUT2D eigenvalue weighted by atomic mass is 10.0. The fourth-order valence-electron chi connectivity index (χ4n) is 4.63. The molecule has 1 aliphatic carbocycles. The second kappa shape index (κ2) is 8.57. The van der Waals surface area contributed by atoms with Gasteiger partial charge in [0.05, 0.1) is 30.3 Å². The predicted octanol–water partition coefficient (Wildman–Crippen LogP) is 3.43. The van der Waals surface area contributed by atoms with Crippen LogP contribution in [0.4, 0.5) is 13.2 Å². The minimum absolute atomic E-state index is 0.214. The summed E-state index contributed by atoms with van der Waals surface area (Å²) in [6, 6.07) is 3.73. The molecular weight excluding hydrogens is 435 g/mol. The molecule has 2 aliphatic heterocycles. The number of alkyl halides is 3. The summed E-state index contributed by atoms with van der Waals surface area (Å²) in [7, 11) is 0. The lowest BCUT2D eigenvalue weighted by molar-refractivity contribution is -0.140. The zero-order valence-electron chi connectivity index (χ0n) is 18.0. The topological polar surface area (TPSA) is 84.6 Å². The van der Waals surface area contributed by atoms with E-state index in [1.165, 1.54) is 12.1 Å². The van der Waals surface area contributed by atoms with E-state index in [0.29, 0.717) is 36.6 Å². The van der Waals surface area contributed by atoms with Crippen molar-refractivity contribution in [2.45, 2.75) is 62.5 Å². The number of aromatic nitrogens is 2. The molecule has 7 nitrogen and oxygen atoms in total. The van der Waals surface area contributed by atoms with Gasteiger partial charge in [-0.1, -0.05) is 12.1 Å². The largest absolute Gasteiger partial charge is 0.457 e. The van der Waals surface area contributed by atoms with Crippen LogP contribution in [-0.4, -0.2) is 51.2 Å². The minimum atomic E-state index is -4.43. The third kappa shape index (κ3) is 4.67. The maximum atomic E-state index is 13.0. The molecule has 0 bridgehead atoms. The third-order valence-corrected chi connectivity index (χ3v) is 6.73. The van der Waals surface area contributed by atoms with E-state index >= 15 is 0 Å². The van der Waals surface area contributed by atoms with Gasteiger partial charge in [0, 0.05) is 18.5 Å². The molecule has 1 amide bonds. The Morgan fingerprint density at radius 3 is 2.45 bits per heavy atom. The van der Waals surface area contributed by atoms with Crippen LogP contribution < -0.4 is 10.5 Å². The van der Waals surface area contributed by atoms with E-state index in [9.17, 15) is 18.0 Å². The SMILES string of the molecule is NC(C(=O)N1CC[C@@H]2CC[C@H](Oc3cnc(C4CC4)cn3)N2C1)c1ccc(C(F)(F)F)cc1. The number of carbonyl (C=O) groups is 1. The molecule has 176 valence electrons. The Labute approximate surface area is 189 Å². The van der Waals surface area contributed by atoms with Crippen LogP contribution in [0, 0.1) is 0 Å². The number of carbonyl (C=O) groups excluding carboxylic acids is 1. The van der Waals surface area contributed by atoms with Crippen LogP contribution in [0.2, 0.25) is 0 Å². The summed E-state index contributed by atoms with van der Waals surface area (Å²) in [5.74, 6) is 0.681. The molecule has 1 saturated carbocycles. The Morgan fingerprint density at radius 2 is 1.82 bits per heavy atom. The molecule has 5 rings (SSSR count). The molecule has 1 aromatic carbocycles. The highest BCUT2D eigenvalue weighted by molar-refractivity contribution is 5.83. The number of benzene rings is 1. The summed E-state index contributed by atoms with van der Waals surface area (Å²) < 4.78 is 44.5. The highest BCUT2D eigenvalue weighted by Crippen LogP contribution is 2.39. The summed E-state index contributed by atoms with van der Waals surface area (Å²) in [6.07, 6.45) is 3.68. The zero-order valence-corrected chi connectivity index (χ0v) is 18.0. The third-order valence-electron chi connectivity index (χ3n) is 6.73. The maximum Gasteiger partial charge on any atom is 0.416 e. The first-order valence-corrected chi connectivity index (χ1v) is 11.3. The van der Waals surface area contributed by atoms with Crippen molar-refractivity contribution in [1.29, 1.82) is 0 Å². The van der Waals surface area contributed by atoms with Crippen molar-refractivity contribution < 1.29 is 22.7 Å². The lowest BCUT2D eigenvalue weighted by Gasteiger charge is -2.40. The van der Waals surface area contributed by atoms with Gasteiger partial charge in [-0.3, -0.25) is 9.78 Å². The Bertz CT molecular complexity index is 995. The average Bonchev–Trinajstić information content (AvgIpc) is 3.59. The van der Waals surface area contributed by atoms with Gasteiger partial charge in [-0.25, -0.2) is 9.88 Å². The van der Waals surface area contributed by atoms with Gasteiger partial charge in [0.25, 0.3) is 0 Å². The van der Waals surface area contributed by atoms with Gasteiger partial charge in [0.1, 0.15) is 6.04 Å². The smallest absolute Gasteiger partial charge is 0.416 e. The fraction of sp³-hybridized carbons (Fsp3) is 0.522. The molecule has 3 heterocycles. The van der Waals surface area contributed by atoms with Crippen molar-refractivity contribution in [3.8, 4) is 5.88 Å². The van der Waals surface area contributed by atoms with Crippen molar-refractivity contribution in [3.63, 3.8) is 0 Å². The van der Waals surface area contributed by atoms with E-state index < -0.39 is 17.8 Å². The highest BCUT2D eigenvalue weighted by Gasteiger charge is 2.41. The lowest BCUT2D eigenvalue weighted by Crippen LogP contribution is -2.55. The number of rotatable bonds is 5. The molecule has 2 aromatic rings. The van der Waals surface area contributed by atoms with Gasteiger partial charge >= 0.3 is 6.18 Å². The summed E-state index contributed by atoms with van der Waals surface area (Å²) >= 11 is 0. The van der Waals surface area contributed by atoms with Gasteiger partial charge in [-0.15, -0.1) is 0 Å². The van der Waals surface area contributed by atoms with Crippen molar-refractivity contribution in [2.75, 3.05) is 13.2 Å². The van der Waals surface area contributed by atoms with Crippen molar-refractivity contribution >= 4 is 5.91 Å². The summed E-state index contributed by atoms with van der Waals surface area (Å²) in [5, 5.41) is 0. The van der Waals surface area contributed by atoms with E-state index in [1.807, 2.05) is 0 Å². The fourth-order valence-corrected chi connectivity index (χ4v) is 4.63. The number of amides is 1. The normalized spacial score (nSPS) is 24.4. The number of nitrogens with zero attached hydrogens (tertiary/aromatic N) is 4. The number of fused-ring (bicyclic) bond motifs is 1. The van der Waals surface area contributed by atoms with Crippen LogP contribution in [0.25, 0.3) is 0 Å². The quantitative estimate of drug-likeness (QED) is 0.735. The Kier molecular flexibility index (Phi) is 5.74. The molecule has 2 N–H and O–H groups in total. The van der Waals surface area contributed by atoms with E-state index in [-0.39, 0.29) is 12.1 Å². The predicted molar refractivity (Wildman–Crippen MR) is 113 cm³/mol. The standard InChI is InChI=1S/C23H26F3N5O2/c24-23(25,26)16-5-3-15(4-6-16)21(27)22(32)30-10-9-17-7-8-20(31(17)13-30)33-19-12-28-18(11-29-19)14-1-2-14/h3-6,11-12,14,17,20-21H,1-2,7-10,13,27H2/t17-,20-,21?/m0/s1. The first kappa shape index (κ1) is 22.1. The van der Waals surface area contributed by atoms with Crippen LogP contribution >= 0.6 is 0 Å². The second-order valence-corrected chi connectivity index (χ2v) is 9.00. The number of hydrogen-bond acceptors (Lipinski definition) is 6. The molecule has 33 heavy (non-hydrogen) atoms. The second-order valence-electron chi connectivity index (χ2n) is 9.00. The summed E-state index contributed by atoms with van der Waals surface area (Å²) in [4.78, 5) is 25.7. The molecule has 3 fully saturated rings. The van der Waals surface area contributed by atoms with Crippen molar-refractivity contribution in [3.05, 3.63) is 53.5 Å². The first-order valence-electron chi connectivity index (χ1n) is 11.3. The first-order chi connectivity index (χ1) is 15.8. The van der Waals surface area contributed by atoms with Crippen LogP contribution in [0.15, 0.2) is 36.7 Å². The van der Waals surface area contributed by atoms with Gasteiger partial charge in [0.15, 0.2) is 6.23 Å². The van der Waals surface area contributed by atoms with Crippen LogP contribution in [0.3, 0.4) is 0 Å².